The molecule has 0 atom stereocenters. The van der Waals surface area contributed by atoms with E-state index < -0.39 is 10.3 Å². The lowest BCUT2D eigenvalue weighted by molar-refractivity contribution is 0.489. The Morgan fingerprint density at radius 2 is 1.96 bits per heavy atom. The normalized spacial score (nSPS) is 11.6. The number of pyridine rings is 1. The van der Waals surface area contributed by atoms with Gasteiger partial charge >= 0.3 is 10.3 Å². The fourth-order valence-corrected chi connectivity index (χ4v) is 2.67. The first-order valence-corrected chi connectivity index (χ1v) is 8.21. The lowest BCUT2D eigenvalue weighted by Gasteiger charge is -2.08. The highest BCUT2D eigenvalue weighted by atomic mass is 32.2. The molecule has 23 heavy (non-hydrogen) atoms. The zero-order chi connectivity index (χ0) is 16.4. The molecule has 3 N–H and O–H groups in total. The molecule has 0 saturated heterocycles. The molecule has 0 unspecified atom stereocenters. The molecule has 9 heteroatoms. The minimum atomic E-state index is -4.25. The maximum Gasteiger partial charge on any atom is 0.357 e. The smallest absolute Gasteiger partial charge is 0.357 e. The second kappa shape index (κ2) is 5.86. The molecule has 3 aromatic rings. The first-order chi connectivity index (χ1) is 10.9. The molecule has 0 aliphatic heterocycles. The van der Waals surface area contributed by atoms with Gasteiger partial charge in [-0.2, -0.15) is 13.5 Å². The lowest BCUT2D eigenvalue weighted by Crippen LogP contribution is -2.10. The first-order valence-electron chi connectivity index (χ1n) is 6.77. The van der Waals surface area contributed by atoms with Crippen molar-refractivity contribution in [3.05, 3.63) is 48.3 Å². The molecule has 0 bridgehead atoms. The summed E-state index contributed by atoms with van der Waals surface area (Å²) in [6, 6.07) is 8.57. The van der Waals surface area contributed by atoms with Gasteiger partial charge < -0.3 is 5.32 Å². The van der Waals surface area contributed by atoms with Crippen LogP contribution in [0.25, 0.3) is 11.0 Å². The largest absolute Gasteiger partial charge is 0.380 e. The summed E-state index contributed by atoms with van der Waals surface area (Å²) >= 11 is 0. The maximum absolute atomic E-state index is 10.7. The summed E-state index contributed by atoms with van der Waals surface area (Å²) < 4.78 is 33.9. The zero-order valence-corrected chi connectivity index (χ0v) is 13.1. The molecule has 2 heterocycles. The molecule has 0 aliphatic carbocycles. The Bertz CT molecular complexity index is 935. The van der Waals surface area contributed by atoms with E-state index >= 15 is 0 Å². The lowest BCUT2D eigenvalue weighted by atomic mass is 10.2. The van der Waals surface area contributed by atoms with E-state index in [1.165, 1.54) is 0 Å². The fourth-order valence-electron chi connectivity index (χ4n) is 2.24. The topological polar surface area (TPSA) is 109 Å². The van der Waals surface area contributed by atoms with E-state index in [0.29, 0.717) is 12.2 Å². The van der Waals surface area contributed by atoms with E-state index in [-0.39, 0.29) is 0 Å². The Morgan fingerprint density at radius 1 is 1.22 bits per heavy atom. The van der Waals surface area contributed by atoms with Crippen molar-refractivity contribution in [2.45, 2.75) is 6.54 Å². The SMILES string of the molecule is Cn1ncc2c(NCc3ccc(NS(=O)(=O)O)cc3)ccnc21. The first kappa shape index (κ1) is 15.3. The van der Waals surface area contributed by atoms with Crippen LogP contribution in [0.15, 0.2) is 42.7 Å². The van der Waals surface area contributed by atoms with Gasteiger partial charge in [0.25, 0.3) is 0 Å². The zero-order valence-electron chi connectivity index (χ0n) is 12.3. The molecular formula is C14H15N5O3S. The van der Waals surface area contributed by atoms with Gasteiger partial charge in [-0.05, 0) is 23.8 Å². The Labute approximate surface area is 133 Å². The van der Waals surface area contributed by atoms with Gasteiger partial charge in [-0.25, -0.2) is 4.98 Å². The van der Waals surface area contributed by atoms with Crippen molar-refractivity contribution in [1.82, 2.24) is 14.8 Å². The second-order valence-corrected chi connectivity index (χ2v) is 6.15. The number of anilines is 2. The highest BCUT2D eigenvalue weighted by Crippen LogP contribution is 2.21. The van der Waals surface area contributed by atoms with Gasteiger partial charge in [0.2, 0.25) is 0 Å². The van der Waals surface area contributed by atoms with Crippen molar-refractivity contribution in [3.8, 4) is 0 Å². The van der Waals surface area contributed by atoms with Gasteiger partial charge in [0.15, 0.2) is 5.65 Å². The van der Waals surface area contributed by atoms with Gasteiger partial charge in [0.05, 0.1) is 17.3 Å². The van der Waals surface area contributed by atoms with E-state index in [1.807, 2.05) is 17.8 Å². The summed E-state index contributed by atoms with van der Waals surface area (Å²) in [7, 11) is -2.42. The number of nitrogens with one attached hydrogen (secondary N) is 2. The summed E-state index contributed by atoms with van der Waals surface area (Å²) in [4.78, 5) is 4.27. The van der Waals surface area contributed by atoms with Crippen molar-refractivity contribution >= 4 is 32.7 Å². The third-order valence-electron chi connectivity index (χ3n) is 3.32. The molecule has 3 rings (SSSR count). The van der Waals surface area contributed by atoms with Gasteiger partial charge in [-0.3, -0.25) is 14.0 Å². The molecule has 2 aromatic heterocycles. The number of hydrogen-bond donors (Lipinski definition) is 3. The van der Waals surface area contributed by atoms with Crippen molar-refractivity contribution < 1.29 is 13.0 Å². The number of hydrogen-bond acceptors (Lipinski definition) is 5. The summed E-state index contributed by atoms with van der Waals surface area (Å²) in [5, 5.41) is 8.42. The summed E-state index contributed by atoms with van der Waals surface area (Å²) in [5.41, 5.74) is 2.97. The van der Waals surface area contributed by atoms with Crippen LogP contribution in [-0.4, -0.2) is 27.7 Å². The third kappa shape index (κ3) is 3.58. The predicted octanol–water partition coefficient (Wildman–Crippen LogP) is 1.80. The molecule has 120 valence electrons. The summed E-state index contributed by atoms with van der Waals surface area (Å²) in [5.74, 6) is 0. The van der Waals surface area contributed by atoms with E-state index in [9.17, 15) is 8.42 Å². The number of fused-ring (bicyclic) bond motifs is 1. The van der Waals surface area contributed by atoms with Gasteiger partial charge in [0.1, 0.15) is 0 Å². The minimum absolute atomic E-state index is 0.301. The van der Waals surface area contributed by atoms with Gasteiger partial charge in [-0.15, -0.1) is 0 Å². The molecule has 8 nitrogen and oxygen atoms in total. The van der Waals surface area contributed by atoms with Crippen LogP contribution < -0.4 is 10.0 Å². The number of aromatic nitrogens is 3. The third-order valence-corrected chi connectivity index (χ3v) is 3.81. The molecule has 0 saturated carbocycles. The predicted molar refractivity (Wildman–Crippen MR) is 87.4 cm³/mol. The van der Waals surface area contributed by atoms with Gasteiger partial charge in [0, 0.05) is 25.5 Å². The van der Waals surface area contributed by atoms with Gasteiger partial charge in [-0.1, -0.05) is 12.1 Å². The molecular weight excluding hydrogens is 318 g/mol. The average molecular weight is 333 g/mol. The van der Waals surface area contributed by atoms with Crippen LogP contribution in [-0.2, 0) is 23.9 Å². The highest BCUT2D eigenvalue weighted by molar-refractivity contribution is 7.87. The molecule has 0 fully saturated rings. The van der Waals surface area contributed by atoms with Crippen molar-refractivity contribution in [3.63, 3.8) is 0 Å². The second-order valence-electron chi connectivity index (χ2n) is 4.99. The Morgan fingerprint density at radius 3 is 2.65 bits per heavy atom. The number of aryl methyl sites for hydroxylation is 1. The average Bonchev–Trinajstić information content (AvgIpc) is 2.87. The molecule has 0 amide bonds. The van der Waals surface area contributed by atoms with Crippen molar-refractivity contribution in [1.29, 1.82) is 0 Å². The molecule has 0 radical (unpaired) electrons. The van der Waals surface area contributed by atoms with Crippen LogP contribution >= 0.6 is 0 Å². The van der Waals surface area contributed by atoms with Crippen LogP contribution in [0.3, 0.4) is 0 Å². The van der Waals surface area contributed by atoms with E-state index in [2.05, 4.69) is 15.4 Å². The van der Waals surface area contributed by atoms with E-state index in [4.69, 9.17) is 4.55 Å². The van der Waals surface area contributed by atoms with Crippen molar-refractivity contribution in [2.24, 2.45) is 7.05 Å². The quantitative estimate of drug-likeness (QED) is 0.614. The molecule has 0 spiro atoms. The summed E-state index contributed by atoms with van der Waals surface area (Å²) in [6.45, 7) is 0.556. The van der Waals surface area contributed by atoms with Crippen LogP contribution in [0.2, 0.25) is 0 Å². The van der Waals surface area contributed by atoms with E-state index in [1.54, 1.807) is 41.3 Å². The maximum atomic E-state index is 10.7. The van der Waals surface area contributed by atoms with Crippen LogP contribution in [0, 0.1) is 0 Å². The number of nitrogens with zero attached hydrogens (tertiary/aromatic N) is 3. The number of rotatable bonds is 5. The Balaban J connectivity index is 1.72. The number of benzene rings is 1. The van der Waals surface area contributed by atoms with Crippen LogP contribution in [0.1, 0.15) is 5.56 Å². The van der Waals surface area contributed by atoms with E-state index in [0.717, 1.165) is 22.3 Å². The standard InChI is InChI=1S/C14H15N5O3S/c1-19-14-12(9-17-19)13(6-7-15-14)16-8-10-2-4-11(5-3-10)18-23(20,21)22/h2-7,9,18H,8H2,1H3,(H,15,16)(H,20,21,22). The minimum Gasteiger partial charge on any atom is -0.380 e. The van der Waals surface area contributed by atoms with Crippen LogP contribution in [0.5, 0.6) is 0 Å². The monoisotopic (exact) mass is 333 g/mol. The molecule has 1 aromatic carbocycles. The fraction of sp³-hybridized carbons (Fsp3) is 0.143. The Kier molecular flexibility index (Phi) is 3.89. The highest BCUT2D eigenvalue weighted by Gasteiger charge is 2.06. The Hall–Kier alpha value is -2.65. The van der Waals surface area contributed by atoms with Crippen LogP contribution in [0.4, 0.5) is 11.4 Å². The summed E-state index contributed by atoms with van der Waals surface area (Å²) in [6.07, 6.45) is 3.47. The van der Waals surface area contributed by atoms with Crippen molar-refractivity contribution in [2.75, 3.05) is 10.0 Å². The molecule has 0 aliphatic rings.